The third kappa shape index (κ3) is 4.78. The molecule has 1 aliphatic rings. The van der Waals surface area contributed by atoms with Crippen molar-refractivity contribution in [1.29, 1.82) is 5.26 Å². The van der Waals surface area contributed by atoms with Crippen molar-refractivity contribution < 1.29 is 28.9 Å². The fraction of sp³-hybridized carbons (Fsp3) is 0.591. The Morgan fingerprint density at radius 1 is 1.23 bits per heavy atom. The lowest BCUT2D eigenvalue weighted by Crippen LogP contribution is -2.47. The van der Waals surface area contributed by atoms with E-state index >= 15 is 0 Å². The fourth-order valence-corrected chi connectivity index (χ4v) is 3.69. The molecule has 3 heterocycles. The van der Waals surface area contributed by atoms with Gasteiger partial charge in [-0.1, -0.05) is 27.7 Å². The van der Waals surface area contributed by atoms with Crippen molar-refractivity contribution in [2.45, 2.75) is 63.7 Å². The molecule has 0 saturated carbocycles. The number of hydrogen-bond acceptors (Lipinski definition) is 12. The number of fused-ring (bicyclic) bond motifs is 1. The van der Waals surface area contributed by atoms with Crippen LogP contribution in [0.25, 0.3) is 5.52 Å². The van der Waals surface area contributed by atoms with Crippen LogP contribution in [0, 0.1) is 23.2 Å². The summed E-state index contributed by atoms with van der Waals surface area (Å²) in [5.41, 5.74) is 16.1. The molecular formula is C22H31N7O6. The predicted molar refractivity (Wildman–Crippen MR) is 122 cm³/mol. The Balaban J connectivity index is 1.98. The van der Waals surface area contributed by atoms with Crippen LogP contribution in [0.4, 0.5) is 5.82 Å². The number of carbonyl (C=O) groups excluding carboxylic acids is 2. The van der Waals surface area contributed by atoms with Gasteiger partial charge in [-0.05, 0) is 24.0 Å². The van der Waals surface area contributed by atoms with Gasteiger partial charge in [0.05, 0.1) is 5.69 Å². The third-order valence-corrected chi connectivity index (χ3v) is 6.08. The molecule has 6 atom stereocenters. The van der Waals surface area contributed by atoms with Crippen LogP contribution in [0.2, 0.25) is 0 Å². The van der Waals surface area contributed by atoms with Gasteiger partial charge >= 0.3 is 11.9 Å². The zero-order valence-electron chi connectivity index (χ0n) is 20.0. The minimum absolute atomic E-state index is 0.124. The van der Waals surface area contributed by atoms with Crippen LogP contribution in [0.3, 0.4) is 0 Å². The molecule has 1 fully saturated rings. The average molecular weight is 490 g/mol. The number of aliphatic hydroxyl groups excluding tert-OH is 1. The maximum atomic E-state index is 12.6. The van der Waals surface area contributed by atoms with Crippen molar-refractivity contribution in [3.63, 3.8) is 0 Å². The molecule has 0 aliphatic carbocycles. The maximum absolute atomic E-state index is 12.6. The van der Waals surface area contributed by atoms with Crippen LogP contribution >= 0.6 is 0 Å². The molecule has 0 aromatic carbocycles. The number of nitrogens with zero attached hydrogens (tertiary/aromatic N) is 4. The molecule has 0 radical (unpaired) electrons. The van der Waals surface area contributed by atoms with Crippen LogP contribution in [-0.4, -0.2) is 68.6 Å². The second-order valence-electron chi connectivity index (χ2n) is 9.18. The molecule has 13 nitrogen and oxygen atoms in total. The van der Waals surface area contributed by atoms with E-state index in [0.29, 0.717) is 5.52 Å². The standard InChI is InChI=1S/C22H31N7O6/c1-10(2)15(24)20(31)33-7-13-17(34-21(32)16(25)11(3)4)18(30)22(8-23,35-13)14-6-5-12-19(26)27-9-28-29(12)14/h5-6,9-11,13,15-18,30H,7,24-25H2,1-4H3,(H2,26,27,28)/t13-,15+,16+,17-,18-,22+/m1/s1. The van der Waals surface area contributed by atoms with Gasteiger partial charge < -0.3 is 36.5 Å². The number of aromatic nitrogens is 3. The third-order valence-electron chi connectivity index (χ3n) is 6.08. The quantitative estimate of drug-likeness (QED) is 0.336. The molecule has 3 rings (SSSR count). The number of ether oxygens (including phenoxy) is 3. The van der Waals surface area contributed by atoms with E-state index in [1.54, 1.807) is 33.8 Å². The lowest BCUT2D eigenvalue weighted by Gasteiger charge is -2.25. The first-order valence-corrected chi connectivity index (χ1v) is 11.2. The molecule has 0 bridgehead atoms. The number of rotatable bonds is 8. The fourth-order valence-electron chi connectivity index (χ4n) is 3.69. The van der Waals surface area contributed by atoms with Crippen LogP contribution in [0.5, 0.6) is 0 Å². The van der Waals surface area contributed by atoms with Gasteiger partial charge in [0.25, 0.3) is 0 Å². The summed E-state index contributed by atoms with van der Waals surface area (Å²) in [6.07, 6.45) is -3.10. The normalized spacial score (nSPS) is 26.0. The van der Waals surface area contributed by atoms with Gasteiger partial charge in [-0.15, -0.1) is 0 Å². The molecule has 1 saturated heterocycles. The summed E-state index contributed by atoms with van der Waals surface area (Å²) in [7, 11) is 0. The highest BCUT2D eigenvalue weighted by Crippen LogP contribution is 2.42. The molecule has 2 aromatic rings. The monoisotopic (exact) mass is 489 g/mol. The minimum Gasteiger partial charge on any atom is -0.462 e. The van der Waals surface area contributed by atoms with E-state index in [9.17, 15) is 20.0 Å². The minimum atomic E-state index is -2.04. The summed E-state index contributed by atoms with van der Waals surface area (Å²) in [4.78, 5) is 28.9. The lowest BCUT2D eigenvalue weighted by molar-refractivity contribution is -0.163. The molecular weight excluding hydrogens is 458 g/mol. The Morgan fingerprint density at radius 3 is 2.46 bits per heavy atom. The van der Waals surface area contributed by atoms with Crippen LogP contribution in [0.1, 0.15) is 33.4 Å². The number of aliphatic hydroxyl groups is 1. The van der Waals surface area contributed by atoms with Crippen molar-refractivity contribution in [2.75, 3.05) is 12.3 Å². The first-order chi connectivity index (χ1) is 16.4. The zero-order valence-corrected chi connectivity index (χ0v) is 20.0. The lowest BCUT2D eigenvalue weighted by atomic mass is 9.92. The predicted octanol–water partition coefficient (Wildman–Crippen LogP) is -0.788. The van der Waals surface area contributed by atoms with E-state index in [1.807, 2.05) is 6.07 Å². The summed E-state index contributed by atoms with van der Waals surface area (Å²) in [6, 6.07) is 3.14. The highest BCUT2D eigenvalue weighted by Gasteiger charge is 2.60. The van der Waals surface area contributed by atoms with Crippen molar-refractivity contribution in [3.8, 4) is 6.07 Å². The van der Waals surface area contributed by atoms with E-state index in [-0.39, 0.29) is 23.3 Å². The van der Waals surface area contributed by atoms with Crippen LogP contribution in [0.15, 0.2) is 18.5 Å². The molecule has 13 heteroatoms. The van der Waals surface area contributed by atoms with Gasteiger partial charge in [0.1, 0.15) is 48.8 Å². The molecule has 7 N–H and O–H groups in total. The van der Waals surface area contributed by atoms with Gasteiger partial charge in [0, 0.05) is 0 Å². The molecule has 2 aromatic heterocycles. The second kappa shape index (κ2) is 10.1. The first kappa shape index (κ1) is 26.3. The summed E-state index contributed by atoms with van der Waals surface area (Å²) in [5.74, 6) is -1.80. The topological polar surface area (TPSA) is 214 Å². The highest BCUT2D eigenvalue weighted by molar-refractivity contribution is 5.76. The number of nitrogens with two attached hydrogens (primary N) is 3. The summed E-state index contributed by atoms with van der Waals surface area (Å²) in [6.45, 7) is 6.54. The molecule has 0 spiro atoms. The Labute approximate surface area is 202 Å². The van der Waals surface area contributed by atoms with Gasteiger partial charge in [-0.2, -0.15) is 10.4 Å². The first-order valence-electron chi connectivity index (χ1n) is 11.2. The Hall–Kier alpha value is -3.31. The van der Waals surface area contributed by atoms with Crippen LogP contribution in [-0.2, 0) is 29.4 Å². The molecule has 190 valence electrons. The Kier molecular flexibility index (Phi) is 7.61. The number of nitrogen functional groups attached to an aromatic ring is 1. The zero-order chi connectivity index (χ0) is 26.1. The van der Waals surface area contributed by atoms with E-state index in [4.69, 9.17) is 31.4 Å². The van der Waals surface area contributed by atoms with Gasteiger partial charge in [-0.3, -0.25) is 9.59 Å². The molecule has 1 aliphatic heterocycles. The number of nitriles is 1. The molecule has 35 heavy (non-hydrogen) atoms. The van der Waals surface area contributed by atoms with E-state index in [2.05, 4.69) is 10.1 Å². The van der Waals surface area contributed by atoms with Gasteiger partial charge in [0.2, 0.25) is 5.60 Å². The summed E-state index contributed by atoms with van der Waals surface area (Å²) in [5, 5.41) is 25.6. The number of carbonyl (C=O) groups is 2. The highest BCUT2D eigenvalue weighted by atomic mass is 16.6. The average Bonchev–Trinajstić information content (AvgIpc) is 3.37. The summed E-state index contributed by atoms with van der Waals surface area (Å²) < 4.78 is 18.1. The van der Waals surface area contributed by atoms with Crippen molar-refractivity contribution in [1.82, 2.24) is 14.6 Å². The molecule has 0 unspecified atom stereocenters. The van der Waals surface area contributed by atoms with E-state index in [1.165, 1.54) is 16.9 Å². The van der Waals surface area contributed by atoms with E-state index < -0.39 is 54.5 Å². The maximum Gasteiger partial charge on any atom is 0.323 e. The number of esters is 2. The smallest absolute Gasteiger partial charge is 0.323 e. The Morgan fingerprint density at radius 2 is 1.86 bits per heavy atom. The summed E-state index contributed by atoms with van der Waals surface area (Å²) >= 11 is 0. The largest absolute Gasteiger partial charge is 0.462 e. The Bertz CT molecular complexity index is 1130. The van der Waals surface area contributed by atoms with Gasteiger partial charge in [0.15, 0.2) is 11.9 Å². The SMILES string of the molecule is CC(C)[C@H](N)C(=O)OC[C@H]1O[C@@](C#N)(c2ccc3c(N)ncnn23)[C@H](O)[C@@H]1OC(=O)[C@@H](N)C(C)C. The van der Waals surface area contributed by atoms with Crippen molar-refractivity contribution in [3.05, 3.63) is 24.2 Å². The second-order valence-corrected chi connectivity index (χ2v) is 9.18. The van der Waals surface area contributed by atoms with Gasteiger partial charge in [-0.25, -0.2) is 9.50 Å². The van der Waals surface area contributed by atoms with Crippen molar-refractivity contribution in [2.24, 2.45) is 23.3 Å². The van der Waals surface area contributed by atoms with E-state index in [0.717, 1.165) is 0 Å². The molecule has 0 amide bonds. The van der Waals surface area contributed by atoms with Crippen LogP contribution < -0.4 is 17.2 Å². The number of anilines is 1. The van der Waals surface area contributed by atoms with Crippen molar-refractivity contribution >= 4 is 23.3 Å². The number of hydrogen-bond donors (Lipinski definition) is 4.